The number of hydrogen-bond acceptors (Lipinski definition) is 5. The van der Waals surface area contributed by atoms with E-state index in [0.717, 1.165) is 5.56 Å². The predicted molar refractivity (Wildman–Crippen MR) is 102 cm³/mol. The van der Waals surface area contributed by atoms with E-state index in [1.165, 1.54) is 13.0 Å². The highest BCUT2D eigenvalue weighted by Gasteiger charge is 2.20. The van der Waals surface area contributed by atoms with E-state index < -0.39 is 18.0 Å². The van der Waals surface area contributed by atoms with Crippen LogP contribution in [0.5, 0.6) is 5.75 Å². The molecule has 0 fully saturated rings. The van der Waals surface area contributed by atoms with Crippen molar-refractivity contribution in [2.24, 2.45) is 0 Å². The summed E-state index contributed by atoms with van der Waals surface area (Å²) in [7, 11) is 1.55. The molecule has 2 aromatic carbocycles. The van der Waals surface area contributed by atoms with Crippen LogP contribution in [0.15, 0.2) is 54.1 Å². The number of nitrogens with one attached hydrogen (secondary N) is 1. The molecule has 6 heteroatoms. The number of benzene rings is 2. The number of nitrogens with zero attached hydrogens (tertiary/aromatic N) is 1. The van der Waals surface area contributed by atoms with Crippen molar-refractivity contribution in [2.45, 2.75) is 20.0 Å². The molecule has 0 aliphatic carbocycles. The molecular weight excluding hydrogens is 344 g/mol. The molecule has 0 aromatic heterocycles. The van der Waals surface area contributed by atoms with Crippen molar-refractivity contribution in [1.82, 2.24) is 0 Å². The van der Waals surface area contributed by atoms with Crippen LogP contribution >= 0.6 is 0 Å². The van der Waals surface area contributed by atoms with E-state index in [9.17, 15) is 14.9 Å². The van der Waals surface area contributed by atoms with Gasteiger partial charge >= 0.3 is 5.97 Å². The van der Waals surface area contributed by atoms with Gasteiger partial charge in [0.1, 0.15) is 17.4 Å². The molecule has 0 radical (unpaired) electrons. The van der Waals surface area contributed by atoms with Crippen molar-refractivity contribution in [1.29, 1.82) is 5.26 Å². The number of esters is 1. The number of hydrogen-bond donors (Lipinski definition) is 1. The number of ether oxygens (including phenoxy) is 2. The van der Waals surface area contributed by atoms with Crippen LogP contribution in [0.3, 0.4) is 0 Å². The van der Waals surface area contributed by atoms with E-state index in [1.807, 2.05) is 19.1 Å². The van der Waals surface area contributed by atoms with Crippen molar-refractivity contribution < 1.29 is 19.1 Å². The number of nitriles is 1. The molecule has 6 nitrogen and oxygen atoms in total. The zero-order valence-corrected chi connectivity index (χ0v) is 15.4. The van der Waals surface area contributed by atoms with Crippen LogP contribution in [0.2, 0.25) is 0 Å². The highest BCUT2D eigenvalue weighted by Crippen LogP contribution is 2.15. The van der Waals surface area contributed by atoms with Gasteiger partial charge in [0.2, 0.25) is 0 Å². The largest absolute Gasteiger partial charge is 0.497 e. The molecule has 0 aliphatic heterocycles. The molecular formula is C21H20N2O4. The monoisotopic (exact) mass is 364 g/mol. The van der Waals surface area contributed by atoms with Gasteiger partial charge in [-0.05, 0) is 55.3 Å². The van der Waals surface area contributed by atoms with E-state index in [2.05, 4.69) is 5.32 Å². The Kier molecular flexibility index (Phi) is 6.73. The summed E-state index contributed by atoms with van der Waals surface area (Å²) in [6, 6.07) is 15.9. The fourth-order valence-corrected chi connectivity index (χ4v) is 2.25. The van der Waals surface area contributed by atoms with E-state index >= 15 is 0 Å². The van der Waals surface area contributed by atoms with Gasteiger partial charge in [-0.3, -0.25) is 4.79 Å². The maximum atomic E-state index is 12.2. The molecule has 1 amide bonds. The highest BCUT2D eigenvalue weighted by atomic mass is 16.5. The SMILES string of the molecule is COc1ccc(/C=C(\C#N)C(=O)O[C@H](C)C(=O)Nc2cccc(C)c2)cc1. The smallest absolute Gasteiger partial charge is 0.349 e. The lowest BCUT2D eigenvalue weighted by Gasteiger charge is -2.13. The first kappa shape index (κ1) is 19.7. The Morgan fingerprint density at radius 1 is 1.19 bits per heavy atom. The average Bonchev–Trinajstić information content (AvgIpc) is 2.66. The van der Waals surface area contributed by atoms with Crippen LogP contribution in [-0.4, -0.2) is 25.1 Å². The third-order valence-corrected chi connectivity index (χ3v) is 3.71. The molecule has 2 aromatic rings. The summed E-state index contributed by atoms with van der Waals surface area (Å²) in [5.41, 5.74) is 2.04. The second-order valence-corrected chi connectivity index (χ2v) is 5.85. The number of amides is 1. The molecule has 0 heterocycles. The van der Waals surface area contributed by atoms with Crippen LogP contribution in [0.25, 0.3) is 6.08 Å². The number of rotatable bonds is 6. The molecule has 27 heavy (non-hydrogen) atoms. The van der Waals surface area contributed by atoms with Crippen LogP contribution in [0.1, 0.15) is 18.1 Å². The number of methoxy groups -OCH3 is 1. The lowest BCUT2D eigenvalue weighted by Crippen LogP contribution is -2.30. The van der Waals surface area contributed by atoms with Crippen LogP contribution in [0.4, 0.5) is 5.69 Å². The zero-order chi connectivity index (χ0) is 19.8. The number of carbonyl (C=O) groups excluding carboxylic acids is 2. The number of anilines is 1. The van der Waals surface area contributed by atoms with Gasteiger partial charge in [-0.25, -0.2) is 4.79 Å². The Labute approximate surface area is 158 Å². The molecule has 0 saturated carbocycles. The van der Waals surface area contributed by atoms with Crippen molar-refractivity contribution in [3.63, 3.8) is 0 Å². The van der Waals surface area contributed by atoms with Crippen molar-refractivity contribution >= 4 is 23.6 Å². The second kappa shape index (κ2) is 9.20. The zero-order valence-electron chi connectivity index (χ0n) is 15.4. The number of aryl methyl sites for hydroxylation is 1. The van der Waals surface area contributed by atoms with E-state index in [-0.39, 0.29) is 5.57 Å². The lowest BCUT2D eigenvalue weighted by molar-refractivity contribution is -0.148. The fourth-order valence-electron chi connectivity index (χ4n) is 2.25. The molecule has 0 saturated heterocycles. The van der Waals surface area contributed by atoms with Crippen molar-refractivity contribution in [3.05, 3.63) is 65.2 Å². The van der Waals surface area contributed by atoms with E-state index in [4.69, 9.17) is 9.47 Å². The highest BCUT2D eigenvalue weighted by molar-refractivity contribution is 6.01. The molecule has 2 rings (SSSR count). The summed E-state index contributed by atoms with van der Waals surface area (Å²) < 4.78 is 10.2. The molecule has 1 N–H and O–H groups in total. The predicted octanol–water partition coefficient (Wildman–Crippen LogP) is 3.48. The summed E-state index contributed by atoms with van der Waals surface area (Å²) in [6.45, 7) is 3.35. The van der Waals surface area contributed by atoms with E-state index in [0.29, 0.717) is 17.0 Å². The standard InChI is InChI=1S/C21H20N2O4/c1-14-5-4-6-18(11-14)23-20(24)15(2)27-21(25)17(13-22)12-16-7-9-19(26-3)10-8-16/h4-12,15H,1-3H3,(H,23,24)/b17-12+/t15-/m1/s1. The van der Waals surface area contributed by atoms with Gasteiger partial charge < -0.3 is 14.8 Å². The Hall–Kier alpha value is -3.59. The number of carbonyl (C=O) groups is 2. The van der Waals surface area contributed by atoms with Crippen molar-refractivity contribution in [2.75, 3.05) is 12.4 Å². The Bertz CT molecular complexity index is 895. The maximum Gasteiger partial charge on any atom is 0.349 e. The lowest BCUT2D eigenvalue weighted by atomic mass is 10.1. The summed E-state index contributed by atoms with van der Waals surface area (Å²) in [5.74, 6) is -0.675. The van der Waals surface area contributed by atoms with E-state index in [1.54, 1.807) is 49.6 Å². The van der Waals surface area contributed by atoms with Gasteiger partial charge in [-0.1, -0.05) is 24.3 Å². The topological polar surface area (TPSA) is 88.4 Å². The third kappa shape index (κ3) is 5.72. The first-order chi connectivity index (χ1) is 12.9. The van der Waals surface area contributed by atoms with Crippen LogP contribution in [-0.2, 0) is 14.3 Å². The Morgan fingerprint density at radius 3 is 2.48 bits per heavy atom. The molecule has 0 unspecified atom stereocenters. The summed E-state index contributed by atoms with van der Waals surface area (Å²) in [4.78, 5) is 24.4. The molecule has 138 valence electrons. The Balaban J connectivity index is 2.03. The van der Waals surface area contributed by atoms with Gasteiger partial charge in [-0.2, -0.15) is 5.26 Å². The van der Waals surface area contributed by atoms with Crippen LogP contribution in [0, 0.1) is 18.3 Å². The van der Waals surface area contributed by atoms with Gasteiger partial charge in [0.05, 0.1) is 7.11 Å². The molecule has 0 spiro atoms. The van der Waals surface area contributed by atoms with Gasteiger partial charge in [0.15, 0.2) is 6.10 Å². The fraction of sp³-hybridized carbons (Fsp3) is 0.190. The second-order valence-electron chi connectivity index (χ2n) is 5.85. The maximum absolute atomic E-state index is 12.2. The molecule has 1 atom stereocenters. The van der Waals surface area contributed by atoms with Gasteiger partial charge in [0.25, 0.3) is 5.91 Å². The molecule has 0 bridgehead atoms. The summed E-state index contributed by atoms with van der Waals surface area (Å²) in [6.07, 6.45) is 0.345. The van der Waals surface area contributed by atoms with Crippen LogP contribution < -0.4 is 10.1 Å². The average molecular weight is 364 g/mol. The molecule has 0 aliphatic rings. The normalized spacial score (nSPS) is 11.9. The summed E-state index contributed by atoms with van der Waals surface area (Å²) >= 11 is 0. The minimum absolute atomic E-state index is 0.199. The first-order valence-corrected chi connectivity index (χ1v) is 8.27. The summed E-state index contributed by atoms with van der Waals surface area (Å²) in [5, 5.41) is 11.9. The minimum atomic E-state index is -1.05. The third-order valence-electron chi connectivity index (χ3n) is 3.71. The van der Waals surface area contributed by atoms with Gasteiger partial charge in [-0.15, -0.1) is 0 Å². The van der Waals surface area contributed by atoms with Crippen molar-refractivity contribution in [3.8, 4) is 11.8 Å². The quantitative estimate of drug-likeness (QED) is 0.482. The minimum Gasteiger partial charge on any atom is -0.497 e. The van der Waals surface area contributed by atoms with Gasteiger partial charge in [0, 0.05) is 5.69 Å². The first-order valence-electron chi connectivity index (χ1n) is 8.27. The Morgan fingerprint density at radius 2 is 1.89 bits per heavy atom.